The average molecular weight is 158 g/mol. The van der Waals surface area contributed by atoms with E-state index in [1.54, 1.807) is 25.5 Å². The number of hydrogen-bond acceptors (Lipinski definition) is 0. The van der Waals surface area contributed by atoms with Gasteiger partial charge in [0.2, 0.25) is 0 Å². The molecular formula is C8H7ClF. The molecule has 0 aromatic heterocycles. The SMILES string of the molecule is C[CH]c1cccc(Cl)c1F. The van der Waals surface area contributed by atoms with E-state index in [4.69, 9.17) is 11.6 Å². The van der Waals surface area contributed by atoms with Gasteiger partial charge >= 0.3 is 0 Å². The van der Waals surface area contributed by atoms with Gasteiger partial charge in [-0.2, -0.15) is 0 Å². The van der Waals surface area contributed by atoms with E-state index in [1.807, 2.05) is 0 Å². The minimum atomic E-state index is -0.341. The van der Waals surface area contributed by atoms with Gasteiger partial charge in [0.25, 0.3) is 0 Å². The van der Waals surface area contributed by atoms with E-state index in [0.29, 0.717) is 5.56 Å². The van der Waals surface area contributed by atoms with E-state index < -0.39 is 0 Å². The second kappa shape index (κ2) is 3.02. The van der Waals surface area contributed by atoms with Gasteiger partial charge in [-0.05, 0) is 18.1 Å². The first-order valence-corrected chi connectivity index (χ1v) is 3.37. The van der Waals surface area contributed by atoms with Crippen LogP contribution in [-0.2, 0) is 0 Å². The highest BCUT2D eigenvalue weighted by atomic mass is 35.5. The Morgan fingerprint density at radius 1 is 1.50 bits per heavy atom. The Kier molecular flexibility index (Phi) is 2.28. The van der Waals surface area contributed by atoms with Crippen molar-refractivity contribution in [2.24, 2.45) is 0 Å². The molecule has 0 fully saturated rings. The molecule has 53 valence electrons. The van der Waals surface area contributed by atoms with Crippen molar-refractivity contribution in [3.8, 4) is 0 Å². The molecule has 0 nitrogen and oxygen atoms in total. The van der Waals surface area contributed by atoms with Gasteiger partial charge in [-0.25, -0.2) is 4.39 Å². The lowest BCUT2D eigenvalue weighted by molar-refractivity contribution is 0.621. The van der Waals surface area contributed by atoms with E-state index >= 15 is 0 Å². The van der Waals surface area contributed by atoms with Crippen molar-refractivity contribution in [3.63, 3.8) is 0 Å². The maximum Gasteiger partial charge on any atom is 0.145 e. The summed E-state index contributed by atoms with van der Waals surface area (Å²) in [6.45, 7) is 1.77. The van der Waals surface area contributed by atoms with Gasteiger partial charge < -0.3 is 0 Å². The molecule has 0 spiro atoms. The van der Waals surface area contributed by atoms with Crippen LogP contribution in [0.15, 0.2) is 18.2 Å². The minimum Gasteiger partial charge on any atom is -0.205 e. The summed E-state index contributed by atoms with van der Waals surface area (Å²) in [7, 11) is 0. The summed E-state index contributed by atoms with van der Waals surface area (Å²) in [5, 5.41) is 0.176. The average Bonchev–Trinajstić information content (AvgIpc) is 1.95. The van der Waals surface area contributed by atoms with Crippen LogP contribution in [0.4, 0.5) is 4.39 Å². The lowest BCUT2D eigenvalue weighted by atomic mass is 10.2. The molecule has 0 atom stereocenters. The van der Waals surface area contributed by atoms with Crippen molar-refractivity contribution in [2.45, 2.75) is 6.92 Å². The highest BCUT2D eigenvalue weighted by Gasteiger charge is 2.02. The molecule has 1 radical (unpaired) electrons. The summed E-state index contributed by atoms with van der Waals surface area (Å²) in [5.41, 5.74) is 0.549. The molecule has 0 saturated heterocycles. The smallest absolute Gasteiger partial charge is 0.145 e. The molecule has 0 heterocycles. The van der Waals surface area contributed by atoms with Crippen LogP contribution >= 0.6 is 11.6 Å². The van der Waals surface area contributed by atoms with Gasteiger partial charge in [-0.1, -0.05) is 30.7 Å². The van der Waals surface area contributed by atoms with Gasteiger partial charge in [0.1, 0.15) is 5.82 Å². The molecule has 1 rings (SSSR count). The summed E-state index contributed by atoms with van der Waals surface area (Å²) in [6, 6.07) is 4.94. The minimum absolute atomic E-state index is 0.176. The topological polar surface area (TPSA) is 0 Å². The van der Waals surface area contributed by atoms with Crippen molar-refractivity contribution in [1.82, 2.24) is 0 Å². The molecule has 1 aromatic carbocycles. The van der Waals surface area contributed by atoms with Crippen molar-refractivity contribution in [3.05, 3.63) is 41.0 Å². The van der Waals surface area contributed by atoms with E-state index in [0.717, 1.165) is 0 Å². The molecule has 0 aliphatic carbocycles. The van der Waals surface area contributed by atoms with Crippen molar-refractivity contribution in [1.29, 1.82) is 0 Å². The Hall–Kier alpha value is -0.560. The number of rotatable bonds is 1. The van der Waals surface area contributed by atoms with Gasteiger partial charge in [-0.3, -0.25) is 0 Å². The third-order valence-corrected chi connectivity index (χ3v) is 1.58. The van der Waals surface area contributed by atoms with Crippen molar-refractivity contribution < 1.29 is 4.39 Å². The monoisotopic (exact) mass is 157 g/mol. The van der Waals surface area contributed by atoms with Gasteiger partial charge in [-0.15, -0.1) is 0 Å². The third kappa shape index (κ3) is 1.29. The van der Waals surface area contributed by atoms with Crippen LogP contribution in [0.2, 0.25) is 5.02 Å². The fraction of sp³-hybridized carbons (Fsp3) is 0.125. The van der Waals surface area contributed by atoms with Gasteiger partial charge in [0.15, 0.2) is 0 Å². The Bertz CT molecular complexity index is 233. The predicted octanol–water partition coefficient (Wildman–Crippen LogP) is 3.05. The van der Waals surface area contributed by atoms with E-state index in [1.165, 1.54) is 6.07 Å². The maximum absolute atomic E-state index is 12.8. The zero-order valence-corrected chi connectivity index (χ0v) is 6.32. The fourth-order valence-corrected chi connectivity index (χ4v) is 0.925. The number of halogens is 2. The van der Waals surface area contributed by atoms with Crippen LogP contribution < -0.4 is 0 Å². The Morgan fingerprint density at radius 2 is 2.20 bits per heavy atom. The normalized spacial score (nSPS) is 9.90. The Balaban J connectivity index is 3.14. The highest BCUT2D eigenvalue weighted by Crippen LogP contribution is 2.18. The molecule has 2 heteroatoms. The van der Waals surface area contributed by atoms with E-state index in [9.17, 15) is 4.39 Å². The van der Waals surface area contributed by atoms with Crippen LogP contribution in [0.3, 0.4) is 0 Å². The first-order chi connectivity index (χ1) is 4.75. The maximum atomic E-state index is 12.8. The van der Waals surface area contributed by atoms with Crippen LogP contribution in [0.5, 0.6) is 0 Å². The standard InChI is InChI=1S/C8H7ClF/c1-2-6-4-3-5-7(9)8(6)10/h2-5H,1H3. The van der Waals surface area contributed by atoms with Crippen LogP contribution in [0.1, 0.15) is 12.5 Å². The first kappa shape index (κ1) is 7.55. The number of benzene rings is 1. The van der Waals surface area contributed by atoms with Crippen molar-refractivity contribution >= 4 is 11.6 Å². The highest BCUT2D eigenvalue weighted by molar-refractivity contribution is 6.30. The summed E-state index contributed by atoms with van der Waals surface area (Å²) in [6.07, 6.45) is 1.68. The zero-order valence-electron chi connectivity index (χ0n) is 5.57. The lowest BCUT2D eigenvalue weighted by Gasteiger charge is -1.98. The van der Waals surface area contributed by atoms with Crippen LogP contribution in [-0.4, -0.2) is 0 Å². The zero-order chi connectivity index (χ0) is 7.56. The summed E-state index contributed by atoms with van der Waals surface area (Å²) >= 11 is 5.50. The molecule has 0 unspecified atom stereocenters. The molecule has 0 bridgehead atoms. The first-order valence-electron chi connectivity index (χ1n) is 2.99. The largest absolute Gasteiger partial charge is 0.205 e. The van der Waals surface area contributed by atoms with Crippen LogP contribution in [0, 0.1) is 12.2 Å². The molecular weight excluding hydrogens is 151 g/mol. The van der Waals surface area contributed by atoms with Gasteiger partial charge in [0.05, 0.1) is 5.02 Å². The molecule has 0 aliphatic rings. The second-order valence-corrected chi connectivity index (χ2v) is 2.34. The fourth-order valence-electron chi connectivity index (χ4n) is 0.743. The quantitative estimate of drug-likeness (QED) is 0.588. The molecule has 10 heavy (non-hydrogen) atoms. The molecule has 0 N–H and O–H groups in total. The molecule has 0 aliphatic heterocycles. The van der Waals surface area contributed by atoms with Gasteiger partial charge in [0, 0.05) is 0 Å². The Labute approximate surface area is 64.6 Å². The van der Waals surface area contributed by atoms with Crippen molar-refractivity contribution in [2.75, 3.05) is 0 Å². The third-order valence-electron chi connectivity index (χ3n) is 1.29. The summed E-state index contributed by atoms with van der Waals surface area (Å²) < 4.78 is 12.8. The van der Waals surface area contributed by atoms with E-state index in [-0.39, 0.29) is 10.8 Å². The van der Waals surface area contributed by atoms with Crippen LogP contribution in [0.25, 0.3) is 0 Å². The lowest BCUT2D eigenvalue weighted by Crippen LogP contribution is -1.84. The Morgan fingerprint density at radius 3 is 2.70 bits per heavy atom. The molecule has 0 amide bonds. The second-order valence-electron chi connectivity index (χ2n) is 1.93. The summed E-state index contributed by atoms with van der Waals surface area (Å²) in [4.78, 5) is 0. The molecule has 0 saturated carbocycles. The summed E-state index contributed by atoms with van der Waals surface area (Å²) in [5.74, 6) is -0.341. The van der Waals surface area contributed by atoms with E-state index in [2.05, 4.69) is 0 Å². The molecule has 1 aromatic rings. The predicted molar refractivity (Wildman–Crippen MR) is 40.5 cm³/mol. The number of hydrogen-bond donors (Lipinski definition) is 0.